The molecule has 1 amide bonds. The minimum Gasteiger partial charge on any atom is -0.317 e. The molecule has 0 aromatic carbocycles. The van der Waals surface area contributed by atoms with Crippen LogP contribution in [0.1, 0.15) is 21.9 Å². The van der Waals surface area contributed by atoms with E-state index in [4.69, 9.17) is 5.84 Å². The van der Waals surface area contributed by atoms with E-state index in [0.717, 1.165) is 5.69 Å². The van der Waals surface area contributed by atoms with Crippen LogP contribution in [0.2, 0.25) is 0 Å². The van der Waals surface area contributed by atoms with Crippen molar-refractivity contribution >= 4 is 17.4 Å². The predicted molar refractivity (Wildman–Crippen MR) is 65.9 cm³/mol. The third kappa shape index (κ3) is 2.28. The lowest BCUT2D eigenvalue weighted by molar-refractivity contribution is 0.102. The van der Waals surface area contributed by atoms with E-state index in [1.165, 1.54) is 6.07 Å². The van der Waals surface area contributed by atoms with Crippen molar-refractivity contribution in [2.24, 2.45) is 5.84 Å². The zero-order chi connectivity index (χ0) is 13.1. The number of H-pyrrole nitrogens is 1. The van der Waals surface area contributed by atoms with Gasteiger partial charge in [-0.25, -0.2) is 5.84 Å². The van der Waals surface area contributed by atoms with Crippen molar-refractivity contribution < 1.29 is 4.79 Å². The number of nitrogens with two attached hydrogens (primary N) is 1. The summed E-state index contributed by atoms with van der Waals surface area (Å²) in [5.74, 6) is 5.20. The molecule has 8 heteroatoms. The summed E-state index contributed by atoms with van der Waals surface area (Å²) in [5.41, 5.74) is 4.70. The monoisotopic (exact) mass is 247 g/mol. The minimum absolute atomic E-state index is 0.203. The summed E-state index contributed by atoms with van der Waals surface area (Å²) in [5, 5.41) is 17.0. The molecule has 0 bridgehead atoms. The highest BCUT2D eigenvalue weighted by atomic mass is 16.1. The van der Waals surface area contributed by atoms with Crippen LogP contribution < -0.4 is 16.6 Å². The Labute approximate surface area is 103 Å². The molecular weight excluding hydrogens is 234 g/mol. The van der Waals surface area contributed by atoms with E-state index in [-0.39, 0.29) is 11.6 Å². The van der Waals surface area contributed by atoms with Gasteiger partial charge in [-0.05, 0) is 26.0 Å². The van der Waals surface area contributed by atoms with Crippen molar-refractivity contribution in [1.29, 1.82) is 0 Å². The first kappa shape index (κ1) is 12.0. The molecule has 2 aromatic rings. The number of aromatic nitrogens is 4. The zero-order valence-electron chi connectivity index (χ0n) is 9.98. The van der Waals surface area contributed by atoms with Gasteiger partial charge in [0, 0.05) is 0 Å². The smallest absolute Gasteiger partial charge is 0.276 e. The molecule has 0 aliphatic heterocycles. The Morgan fingerprint density at radius 3 is 2.61 bits per heavy atom. The van der Waals surface area contributed by atoms with E-state index in [1.807, 2.05) is 6.92 Å². The van der Waals surface area contributed by atoms with Crippen LogP contribution in [0, 0.1) is 13.8 Å². The second-order valence-electron chi connectivity index (χ2n) is 3.71. The van der Waals surface area contributed by atoms with E-state index in [9.17, 15) is 4.79 Å². The Bertz CT molecular complexity index is 541. The number of nitrogens with one attached hydrogen (secondary N) is 3. The number of carbonyl (C=O) groups excluding carboxylic acids is 1. The predicted octanol–water partition coefficient (Wildman–Crippen LogP) is 0.354. The lowest BCUT2D eigenvalue weighted by atomic mass is 10.3. The number of hydrogen-bond donors (Lipinski definition) is 4. The Balaban J connectivity index is 2.17. The first-order valence-electron chi connectivity index (χ1n) is 5.25. The first-order valence-corrected chi connectivity index (χ1v) is 5.25. The van der Waals surface area contributed by atoms with Crippen molar-refractivity contribution in [1.82, 2.24) is 20.4 Å². The van der Waals surface area contributed by atoms with Gasteiger partial charge in [0.15, 0.2) is 11.5 Å². The number of anilines is 2. The molecule has 0 unspecified atom stereocenters. The average Bonchev–Trinajstić information content (AvgIpc) is 2.70. The number of rotatable bonds is 3. The minimum atomic E-state index is -0.348. The van der Waals surface area contributed by atoms with Gasteiger partial charge in [-0.15, -0.1) is 10.2 Å². The summed E-state index contributed by atoms with van der Waals surface area (Å²) >= 11 is 0. The van der Waals surface area contributed by atoms with Crippen LogP contribution in [0.3, 0.4) is 0 Å². The number of carbonyl (C=O) groups is 1. The third-order valence-electron chi connectivity index (χ3n) is 2.41. The van der Waals surface area contributed by atoms with Gasteiger partial charge < -0.3 is 10.7 Å². The molecule has 0 saturated heterocycles. The van der Waals surface area contributed by atoms with Gasteiger partial charge in [0.2, 0.25) is 0 Å². The van der Waals surface area contributed by atoms with Crippen molar-refractivity contribution in [2.75, 3.05) is 10.7 Å². The van der Waals surface area contributed by atoms with Gasteiger partial charge in [0.1, 0.15) is 0 Å². The molecule has 18 heavy (non-hydrogen) atoms. The number of aryl methyl sites for hydroxylation is 2. The molecule has 5 N–H and O–H groups in total. The van der Waals surface area contributed by atoms with Gasteiger partial charge in [0.05, 0.1) is 17.1 Å². The number of aromatic amines is 1. The maximum absolute atomic E-state index is 11.9. The van der Waals surface area contributed by atoms with Gasteiger partial charge in [0.25, 0.3) is 5.91 Å². The van der Waals surface area contributed by atoms with E-state index in [0.29, 0.717) is 17.2 Å². The number of nitrogen functional groups attached to an aromatic ring is 1. The van der Waals surface area contributed by atoms with Crippen LogP contribution in [-0.4, -0.2) is 26.3 Å². The molecule has 94 valence electrons. The second kappa shape index (κ2) is 4.80. The summed E-state index contributed by atoms with van der Waals surface area (Å²) in [7, 11) is 0. The third-order valence-corrected chi connectivity index (χ3v) is 2.41. The van der Waals surface area contributed by atoms with E-state index < -0.39 is 0 Å². The fourth-order valence-electron chi connectivity index (χ4n) is 1.44. The summed E-state index contributed by atoms with van der Waals surface area (Å²) in [6.07, 6.45) is 0. The largest absolute Gasteiger partial charge is 0.317 e. The van der Waals surface area contributed by atoms with Gasteiger partial charge >= 0.3 is 0 Å². The molecule has 0 atom stereocenters. The maximum Gasteiger partial charge on any atom is 0.276 e. The standard InChI is InChI=1S/C10H13N7O/c1-5-9(6(2)15-14-5)12-10(18)7-3-4-8(13-11)17-16-7/h3-4H,11H2,1-2H3,(H,12,18)(H,13,17)(H,14,15). The summed E-state index contributed by atoms with van der Waals surface area (Å²) in [4.78, 5) is 11.9. The van der Waals surface area contributed by atoms with E-state index in [1.54, 1.807) is 13.0 Å². The molecule has 2 heterocycles. The van der Waals surface area contributed by atoms with Crippen LogP contribution >= 0.6 is 0 Å². The molecule has 0 aliphatic carbocycles. The fourth-order valence-corrected chi connectivity index (χ4v) is 1.44. The van der Waals surface area contributed by atoms with E-state index >= 15 is 0 Å². The quantitative estimate of drug-likeness (QED) is 0.458. The van der Waals surface area contributed by atoms with Gasteiger partial charge in [-0.2, -0.15) is 5.10 Å². The van der Waals surface area contributed by atoms with E-state index in [2.05, 4.69) is 31.1 Å². The molecule has 0 fully saturated rings. The molecule has 8 nitrogen and oxygen atoms in total. The summed E-state index contributed by atoms with van der Waals surface area (Å²) in [6, 6.07) is 3.10. The highest BCUT2D eigenvalue weighted by Crippen LogP contribution is 2.16. The van der Waals surface area contributed by atoms with Gasteiger partial charge in [-0.3, -0.25) is 9.89 Å². The highest BCUT2D eigenvalue weighted by molar-refractivity contribution is 6.03. The summed E-state index contributed by atoms with van der Waals surface area (Å²) < 4.78 is 0. The Hall–Kier alpha value is -2.48. The number of hydrazine groups is 1. The fraction of sp³-hybridized carbons (Fsp3) is 0.200. The summed E-state index contributed by atoms with van der Waals surface area (Å²) in [6.45, 7) is 3.62. The van der Waals surface area contributed by atoms with Crippen LogP contribution in [0.15, 0.2) is 12.1 Å². The number of hydrogen-bond acceptors (Lipinski definition) is 6. The van der Waals surface area contributed by atoms with Crippen LogP contribution in [0.5, 0.6) is 0 Å². The highest BCUT2D eigenvalue weighted by Gasteiger charge is 2.13. The number of nitrogens with zero attached hydrogens (tertiary/aromatic N) is 3. The molecule has 2 aromatic heterocycles. The number of amides is 1. The lowest BCUT2D eigenvalue weighted by Crippen LogP contribution is -2.16. The maximum atomic E-state index is 11.9. The van der Waals surface area contributed by atoms with Crippen LogP contribution in [0.4, 0.5) is 11.5 Å². The first-order chi connectivity index (χ1) is 8.61. The molecule has 2 rings (SSSR count). The van der Waals surface area contributed by atoms with Crippen molar-refractivity contribution in [3.8, 4) is 0 Å². The molecule has 0 aliphatic rings. The van der Waals surface area contributed by atoms with Crippen molar-refractivity contribution in [3.63, 3.8) is 0 Å². The molecule has 0 spiro atoms. The Morgan fingerprint density at radius 2 is 2.11 bits per heavy atom. The van der Waals surface area contributed by atoms with Crippen molar-refractivity contribution in [3.05, 3.63) is 29.2 Å². The normalized spacial score (nSPS) is 10.2. The van der Waals surface area contributed by atoms with Crippen LogP contribution in [-0.2, 0) is 0 Å². The van der Waals surface area contributed by atoms with Gasteiger partial charge in [-0.1, -0.05) is 0 Å². The zero-order valence-corrected chi connectivity index (χ0v) is 9.98. The molecule has 0 radical (unpaired) electrons. The SMILES string of the molecule is Cc1n[nH]c(C)c1NC(=O)c1ccc(NN)nn1. The lowest BCUT2D eigenvalue weighted by Gasteiger charge is -2.04. The topological polar surface area (TPSA) is 122 Å². The molecule has 0 saturated carbocycles. The van der Waals surface area contributed by atoms with Crippen molar-refractivity contribution in [2.45, 2.75) is 13.8 Å². The second-order valence-corrected chi connectivity index (χ2v) is 3.71. The van der Waals surface area contributed by atoms with Crippen LogP contribution in [0.25, 0.3) is 0 Å². The molecular formula is C10H13N7O. The Kier molecular flexibility index (Phi) is 3.20. The Morgan fingerprint density at radius 1 is 1.33 bits per heavy atom. The average molecular weight is 247 g/mol.